The molecule has 0 unspecified atom stereocenters. The Labute approximate surface area is 137 Å². The van der Waals surface area contributed by atoms with Crippen LogP contribution < -0.4 is 27.4 Å². The molecule has 0 aliphatic carbocycles. The number of nitrogens with two attached hydrogens (primary N) is 2. The molecular formula is C13H20N8O3. The topological polar surface area (TPSA) is 180 Å². The quantitative estimate of drug-likeness (QED) is 0.351. The lowest BCUT2D eigenvalue weighted by Gasteiger charge is -2.32. The summed E-state index contributed by atoms with van der Waals surface area (Å²) in [6.07, 6.45) is 3.71. The smallest absolute Gasteiger partial charge is 0.318 e. The number of urea groups is 1. The number of nitrogens with zero attached hydrogens (tertiary/aromatic N) is 2. The van der Waals surface area contributed by atoms with Gasteiger partial charge in [-0.15, -0.1) is 0 Å². The number of rotatable bonds is 5. The number of guanidine groups is 1. The molecule has 11 heteroatoms. The summed E-state index contributed by atoms with van der Waals surface area (Å²) in [7, 11) is 0. The zero-order valence-electron chi connectivity index (χ0n) is 13.1. The first-order chi connectivity index (χ1) is 11.3. The average Bonchev–Trinajstić information content (AvgIpc) is 2.95. The molecule has 0 aromatic carbocycles. The molecule has 0 bridgehead atoms. The van der Waals surface area contributed by atoms with Gasteiger partial charge in [0.15, 0.2) is 0 Å². The summed E-state index contributed by atoms with van der Waals surface area (Å²) in [5.41, 5.74) is 10.4. The van der Waals surface area contributed by atoms with Gasteiger partial charge in [0.1, 0.15) is 5.54 Å². The van der Waals surface area contributed by atoms with E-state index in [4.69, 9.17) is 11.5 Å². The zero-order valence-corrected chi connectivity index (χ0v) is 13.1. The number of aromatic nitrogens is 2. The summed E-state index contributed by atoms with van der Waals surface area (Å²) in [5, 5.41) is 7.52. The van der Waals surface area contributed by atoms with Gasteiger partial charge in [-0.05, 0) is 6.92 Å². The minimum absolute atomic E-state index is 0.0336. The highest BCUT2D eigenvalue weighted by Crippen LogP contribution is 2.10. The zero-order chi connectivity index (χ0) is 17.7. The summed E-state index contributed by atoms with van der Waals surface area (Å²) >= 11 is 0. The minimum Gasteiger partial charge on any atom is -0.353 e. The molecule has 130 valence electrons. The van der Waals surface area contributed by atoms with E-state index in [1.165, 1.54) is 13.3 Å². The summed E-state index contributed by atoms with van der Waals surface area (Å²) < 4.78 is 0. The van der Waals surface area contributed by atoms with Crippen molar-refractivity contribution in [3.63, 3.8) is 0 Å². The third kappa shape index (κ3) is 4.52. The molecule has 0 spiro atoms. The SMILES string of the molecule is C[C@]1(NC(=O)C[C@@H](N)Cc2c[nH]cn2)CNC(NC(N)=O)=NC1=O. The molecule has 2 rings (SSSR count). The first-order valence-electron chi connectivity index (χ1n) is 7.26. The second-order valence-electron chi connectivity index (χ2n) is 5.72. The molecule has 1 aliphatic heterocycles. The monoisotopic (exact) mass is 336 g/mol. The summed E-state index contributed by atoms with van der Waals surface area (Å²) in [5.74, 6) is -1.02. The number of aromatic amines is 1. The highest BCUT2D eigenvalue weighted by Gasteiger charge is 2.38. The number of hydrogen-bond acceptors (Lipinski definition) is 6. The third-order valence-corrected chi connectivity index (χ3v) is 3.43. The van der Waals surface area contributed by atoms with Gasteiger partial charge in [-0.3, -0.25) is 14.9 Å². The van der Waals surface area contributed by atoms with Crippen molar-refractivity contribution in [1.29, 1.82) is 0 Å². The Morgan fingerprint density at radius 3 is 2.83 bits per heavy atom. The van der Waals surface area contributed by atoms with Gasteiger partial charge in [0, 0.05) is 31.6 Å². The molecule has 1 aromatic rings. The number of H-pyrrole nitrogens is 1. The molecular weight excluding hydrogens is 316 g/mol. The Morgan fingerprint density at radius 1 is 1.50 bits per heavy atom. The molecule has 0 fully saturated rings. The van der Waals surface area contributed by atoms with Gasteiger partial charge in [0.2, 0.25) is 11.9 Å². The maximum absolute atomic E-state index is 12.1. The molecule has 0 radical (unpaired) electrons. The fraction of sp³-hybridized carbons (Fsp3) is 0.462. The van der Waals surface area contributed by atoms with Crippen LogP contribution in [-0.2, 0) is 16.0 Å². The fourth-order valence-corrected chi connectivity index (χ4v) is 2.23. The van der Waals surface area contributed by atoms with E-state index in [1.807, 2.05) is 0 Å². The molecule has 24 heavy (non-hydrogen) atoms. The van der Waals surface area contributed by atoms with Gasteiger partial charge in [-0.25, -0.2) is 9.78 Å². The Hall–Kier alpha value is -2.95. The van der Waals surface area contributed by atoms with Crippen molar-refractivity contribution in [3.8, 4) is 0 Å². The van der Waals surface area contributed by atoms with Gasteiger partial charge >= 0.3 is 6.03 Å². The van der Waals surface area contributed by atoms with Crippen molar-refractivity contribution in [2.45, 2.75) is 31.3 Å². The number of amides is 4. The number of primary amides is 1. The maximum atomic E-state index is 12.1. The molecule has 1 aromatic heterocycles. The van der Waals surface area contributed by atoms with E-state index in [-0.39, 0.29) is 24.8 Å². The van der Waals surface area contributed by atoms with Crippen LogP contribution in [-0.4, -0.2) is 51.9 Å². The lowest BCUT2D eigenvalue weighted by atomic mass is 9.99. The molecule has 0 saturated carbocycles. The number of nitrogens with one attached hydrogen (secondary N) is 4. The lowest BCUT2D eigenvalue weighted by Crippen LogP contribution is -2.63. The van der Waals surface area contributed by atoms with E-state index in [2.05, 4.69) is 30.9 Å². The van der Waals surface area contributed by atoms with Crippen LogP contribution in [0.2, 0.25) is 0 Å². The Balaban J connectivity index is 1.89. The van der Waals surface area contributed by atoms with Crippen molar-refractivity contribution < 1.29 is 14.4 Å². The first kappa shape index (κ1) is 17.4. The lowest BCUT2D eigenvalue weighted by molar-refractivity contribution is -0.131. The number of carbonyl (C=O) groups is 3. The summed E-state index contributed by atoms with van der Waals surface area (Å²) in [4.78, 5) is 45.5. The molecule has 4 amide bonds. The molecule has 2 heterocycles. The van der Waals surface area contributed by atoms with Crippen LogP contribution in [0.3, 0.4) is 0 Å². The van der Waals surface area contributed by atoms with E-state index < -0.39 is 23.5 Å². The molecule has 1 aliphatic rings. The molecule has 0 saturated heterocycles. The number of imidazole rings is 1. The van der Waals surface area contributed by atoms with Crippen LogP contribution in [0.4, 0.5) is 4.79 Å². The maximum Gasteiger partial charge on any atom is 0.318 e. The fourth-order valence-electron chi connectivity index (χ4n) is 2.23. The number of hydrogen-bond donors (Lipinski definition) is 6. The van der Waals surface area contributed by atoms with Gasteiger partial charge in [-0.1, -0.05) is 0 Å². The van der Waals surface area contributed by atoms with E-state index in [9.17, 15) is 14.4 Å². The number of carbonyl (C=O) groups excluding carboxylic acids is 3. The summed E-state index contributed by atoms with van der Waals surface area (Å²) in [6.45, 7) is 1.59. The second-order valence-corrected chi connectivity index (χ2v) is 5.72. The van der Waals surface area contributed by atoms with Gasteiger partial charge in [0.05, 0.1) is 12.0 Å². The van der Waals surface area contributed by atoms with Crippen molar-refractivity contribution in [2.75, 3.05) is 6.54 Å². The van der Waals surface area contributed by atoms with Gasteiger partial charge in [0.25, 0.3) is 5.91 Å². The van der Waals surface area contributed by atoms with E-state index >= 15 is 0 Å². The van der Waals surface area contributed by atoms with Crippen LogP contribution in [0.1, 0.15) is 19.0 Å². The van der Waals surface area contributed by atoms with Crippen molar-refractivity contribution >= 4 is 23.8 Å². The second kappa shape index (κ2) is 7.08. The largest absolute Gasteiger partial charge is 0.353 e. The molecule has 11 nitrogen and oxygen atoms in total. The molecule has 8 N–H and O–H groups in total. The third-order valence-electron chi connectivity index (χ3n) is 3.43. The Morgan fingerprint density at radius 2 is 2.25 bits per heavy atom. The van der Waals surface area contributed by atoms with Crippen LogP contribution >= 0.6 is 0 Å². The minimum atomic E-state index is -1.23. The van der Waals surface area contributed by atoms with E-state index in [0.29, 0.717) is 6.42 Å². The van der Waals surface area contributed by atoms with Gasteiger partial charge in [-0.2, -0.15) is 4.99 Å². The van der Waals surface area contributed by atoms with Gasteiger partial charge < -0.3 is 27.1 Å². The first-order valence-corrected chi connectivity index (χ1v) is 7.26. The Kier molecular flexibility index (Phi) is 5.14. The van der Waals surface area contributed by atoms with Crippen LogP contribution in [0.5, 0.6) is 0 Å². The van der Waals surface area contributed by atoms with Crippen LogP contribution in [0.25, 0.3) is 0 Å². The standard InChI is InChI=1S/C13H20N8O3/c1-13(5-17-12(19-10(13)23)20-11(15)24)21-9(22)3-7(14)2-8-4-16-6-18-8/h4,6-7H,2-3,5,14H2,1H3,(H,16,18)(H,21,22)(H4,15,17,19,20,23,24)/t7-,13-/m0/s1. The predicted octanol–water partition coefficient (Wildman–Crippen LogP) is -2.30. The van der Waals surface area contributed by atoms with Crippen LogP contribution in [0, 0.1) is 0 Å². The van der Waals surface area contributed by atoms with Crippen LogP contribution in [0.15, 0.2) is 17.5 Å². The predicted molar refractivity (Wildman–Crippen MR) is 84.6 cm³/mol. The van der Waals surface area contributed by atoms with Crippen molar-refractivity contribution in [2.24, 2.45) is 16.5 Å². The molecule has 2 atom stereocenters. The van der Waals surface area contributed by atoms with Crippen molar-refractivity contribution in [3.05, 3.63) is 18.2 Å². The highest BCUT2D eigenvalue weighted by atomic mass is 16.2. The number of aliphatic imine (C=N–C) groups is 1. The normalized spacial score (nSPS) is 21.4. The Bertz CT molecular complexity index is 656. The van der Waals surface area contributed by atoms with Crippen molar-refractivity contribution in [1.82, 2.24) is 25.9 Å². The average molecular weight is 336 g/mol. The highest BCUT2D eigenvalue weighted by molar-refractivity contribution is 6.06. The van der Waals surface area contributed by atoms with E-state index in [0.717, 1.165) is 5.69 Å². The van der Waals surface area contributed by atoms with E-state index in [1.54, 1.807) is 6.20 Å². The summed E-state index contributed by atoms with van der Waals surface area (Å²) in [6, 6.07) is -1.27.